The van der Waals surface area contributed by atoms with Crippen LogP contribution in [0.4, 0.5) is 16.3 Å². The Labute approximate surface area is 215 Å². The number of carbonyl (C=O) groups is 2. The van der Waals surface area contributed by atoms with Gasteiger partial charge < -0.3 is 14.8 Å². The smallest absolute Gasteiger partial charge is 0.324 e. The highest BCUT2D eigenvalue weighted by atomic mass is 16.6. The molecule has 0 aliphatic carbocycles. The fraction of sp³-hybridized carbons (Fsp3) is 0.333. The van der Waals surface area contributed by atoms with Gasteiger partial charge >= 0.3 is 12.0 Å². The number of ether oxygens (including phenoxy) is 2. The first-order valence-corrected chi connectivity index (χ1v) is 11.9. The number of aromatic amines is 1. The van der Waals surface area contributed by atoms with Crippen molar-refractivity contribution in [2.75, 3.05) is 17.2 Å². The lowest BCUT2D eigenvalue weighted by Gasteiger charge is -2.24. The van der Waals surface area contributed by atoms with Crippen LogP contribution in [0, 0.1) is 0 Å². The van der Waals surface area contributed by atoms with Crippen LogP contribution in [-0.4, -0.2) is 44.0 Å². The van der Waals surface area contributed by atoms with Crippen molar-refractivity contribution in [1.29, 1.82) is 0 Å². The number of H-pyrrole nitrogens is 1. The SMILES string of the molecule is CC(=O)OC(C)(C)COc1ccc2c(c1)ncn2-c1ccc(NC(=O)Nc2cc(C(C)(C)C)[nH]n2)cc1. The van der Waals surface area contributed by atoms with Gasteiger partial charge in [0, 0.05) is 41.5 Å². The highest BCUT2D eigenvalue weighted by Gasteiger charge is 2.22. The van der Waals surface area contributed by atoms with Crippen molar-refractivity contribution in [3.63, 3.8) is 0 Å². The summed E-state index contributed by atoms with van der Waals surface area (Å²) in [7, 11) is 0. The summed E-state index contributed by atoms with van der Waals surface area (Å²) in [6.07, 6.45) is 1.73. The second kappa shape index (κ2) is 9.96. The molecule has 0 bridgehead atoms. The highest BCUT2D eigenvalue weighted by molar-refractivity contribution is 5.99. The van der Waals surface area contributed by atoms with E-state index in [2.05, 4.69) is 46.6 Å². The van der Waals surface area contributed by atoms with Crippen molar-refractivity contribution >= 4 is 34.5 Å². The van der Waals surface area contributed by atoms with E-state index in [1.807, 2.05) is 53.1 Å². The molecule has 4 rings (SSSR count). The predicted molar refractivity (Wildman–Crippen MR) is 142 cm³/mol. The topological polar surface area (TPSA) is 123 Å². The number of fused-ring (bicyclic) bond motifs is 1. The lowest BCUT2D eigenvalue weighted by atomic mass is 9.92. The van der Waals surface area contributed by atoms with Crippen LogP contribution in [0.2, 0.25) is 0 Å². The number of rotatable bonds is 7. The van der Waals surface area contributed by atoms with Crippen LogP contribution in [0.5, 0.6) is 5.75 Å². The Morgan fingerprint density at radius 2 is 1.73 bits per heavy atom. The lowest BCUT2D eigenvalue weighted by Crippen LogP contribution is -2.34. The number of hydrogen-bond acceptors (Lipinski definition) is 6. The van der Waals surface area contributed by atoms with E-state index in [1.54, 1.807) is 20.2 Å². The van der Waals surface area contributed by atoms with Crippen LogP contribution < -0.4 is 15.4 Å². The number of anilines is 2. The van der Waals surface area contributed by atoms with E-state index >= 15 is 0 Å². The van der Waals surface area contributed by atoms with Gasteiger partial charge in [-0.3, -0.25) is 19.8 Å². The average molecular weight is 505 g/mol. The van der Waals surface area contributed by atoms with Crippen LogP contribution in [0.15, 0.2) is 54.9 Å². The molecule has 0 saturated heterocycles. The van der Waals surface area contributed by atoms with Crippen LogP contribution in [-0.2, 0) is 14.9 Å². The Morgan fingerprint density at radius 1 is 1.00 bits per heavy atom. The Balaban J connectivity index is 1.40. The number of hydrogen-bond donors (Lipinski definition) is 3. The maximum absolute atomic E-state index is 12.4. The number of benzene rings is 2. The molecule has 4 aromatic rings. The molecular formula is C27H32N6O4. The fourth-order valence-corrected chi connectivity index (χ4v) is 3.72. The third-order valence-corrected chi connectivity index (χ3v) is 5.56. The largest absolute Gasteiger partial charge is 0.489 e. The van der Waals surface area contributed by atoms with Gasteiger partial charge in [-0.25, -0.2) is 9.78 Å². The zero-order chi connectivity index (χ0) is 26.8. The minimum atomic E-state index is -0.736. The number of esters is 1. The summed E-state index contributed by atoms with van der Waals surface area (Å²) in [6, 6.07) is 14.5. The van der Waals surface area contributed by atoms with E-state index in [4.69, 9.17) is 9.47 Å². The van der Waals surface area contributed by atoms with E-state index < -0.39 is 5.60 Å². The van der Waals surface area contributed by atoms with E-state index in [1.165, 1.54) is 6.92 Å². The zero-order valence-electron chi connectivity index (χ0n) is 21.9. The molecule has 0 saturated carbocycles. The van der Waals surface area contributed by atoms with Gasteiger partial charge in [-0.15, -0.1) is 0 Å². The van der Waals surface area contributed by atoms with Gasteiger partial charge in [-0.2, -0.15) is 5.10 Å². The molecule has 0 fully saturated rings. The van der Waals surface area contributed by atoms with E-state index in [0.29, 0.717) is 17.3 Å². The molecule has 2 amide bonds. The van der Waals surface area contributed by atoms with Crippen LogP contribution in [0.1, 0.15) is 47.2 Å². The molecule has 0 aliphatic heterocycles. The van der Waals surface area contributed by atoms with Crippen molar-refractivity contribution in [2.45, 2.75) is 52.6 Å². The summed E-state index contributed by atoms with van der Waals surface area (Å²) in [6.45, 7) is 11.4. The van der Waals surface area contributed by atoms with Crippen LogP contribution in [0.25, 0.3) is 16.7 Å². The molecule has 2 aromatic heterocycles. The second-order valence-electron chi connectivity index (χ2n) is 10.4. The third-order valence-electron chi connectivity index (χ3n) is 5.56. The Morgan fingerprint density at radius 3 is 2.38 bits per heavy atom. The van der Waals surface area contributed by atoms with Gasteiger partial charge in [0.25, 0.3) is 0 Å². The molecule has 10 heteroatoms. The van der Waals surface area contributed by atoms with Crippen molar-refractivity contribution in [2.24, 2.45) is 0 Å². The standard InChI is InChI=1S/C27H32N6O4/c1-17(34)37-27(5,6)15-36-20-11-12-22-21(13-20)28-16-33(22)19-9-7-18(8-10-19)29-25(35)30-24-14-23(31-32-24)26(2,3)4/h7-14,16H,15H2,1-6H3,(H3,29,30,31,32,35). The molecule has 0 aliphatic rings. The maximum atomic E-state index is 12.4. The summed E-state index contributed by atoms with van der Waals surface area (Å²) in [5, 5.41) is 12.7. The summed E-state index contributed by atoms with van der Waals surface area (Å²) in [4.78, 5) is 28.1. The molecular weight excluding hydrogens is 472 g/mol. The molecule has 10 nitrogen and oxygen atoms in total. The summed E-state index contributed by atoms with van der Waals surface area (Å²) in [5.74, 6) is 0.745. The first-order chi connectivity index (χ1) is 17.4. The molecule has 0 unspecified atom stereocenters. The van der Waals surface area contributed by atoms with Crippen molar-refractivity contribution in [1.82, 2.24) is 19.7 Å². The molecule has 37 heavy (non-hydrogen) atoms. The fourth-order valence-electron chi connectivity index (χ4n) is 3.72. The summed E-state index contributed by atoms with van der Waals surface area (Å²) < 4.78 is 13.0. The second-order valence-corrected chi connectivity index (χ2v) is 10.4. The quantitative estimate of drug-likeness (QED) is 0.289. The molecule has 2 heterocycles. The van der Waals surface area contributed by atoms with Gasteiger partial charge in [0.2, 0.25) is 0 Å². The minimum Gasteiger partial charge on any atom is -0.489 e. The Kier molecular flexibility index (Phi) is 6.93. The summed E-state index contributed by atoms with van der Waals surface area (Å²) >= 11 is 0. The number of carbonyl (C=O) groups excluding carboxylic acids is 2. The van der Waals surface area contributed by atoms with Gasteiger partial charge in [-0.1, -0.05) is 20.8 Å². The Bertz CT molecular complexity index is 1410. The number of nitrogens with one attached hydrogen (secondary N) is 3. The van der Waals surface area contributed by atoms with E-state index in [-0.39, 0.29) is 24.0 Å². The minimum absolute atomic E-state index is 0.0898. The maximum Gasteiger partial charge on any atom is 0.324 e. The van der Waals surface area contributed by atoms with Crippen LogP contribution >= 0.6 is 0 Å². The van der Waals surface area contributed by atoms with Crippen molar-refractivity contribution in [3.8, 4) is 11.4 Å². The molecule has 2 aromatic carbocycles. The number of nitrogens with zero attached hydrogens (tertiary/aromatic N) is 3. The number of amides is 2. The summed E-state index contributed by atoms with van der Waals surface area (Å²) in [5.41, 5.74) is 3.30. The monoisotopic (exact) mass is 504 g/mol. The van der Waals surface area contributed by atoms with E-state index in [9.17, 15) is 9.59 Å². The molecule has 0 spiro atoms. The van der Waals surface area contributed by atoms with Gasteiger partial charge in [0.15, 0.2) is 5.82 Å². The third kappa shape index (κ3) is 6.46. The van der Waals surface area contributed by atoms with Crippen molar-refractivity contribution < 1.29 is 19.1 Å². The number of aromatic nitrogens is 4. The number of imidazole rings is 1. The first-order valence-electron chi connectivity index (χ1n) is 11.9. The van der Waals surface area contributed by atoms with E-state index in [0.717, 1.165) is 22.4 Å². The first kappa shape index (κ1) is 25.7. The van der Waals surface area contributed by atoms with Crippen LogP contribution in [0.3, 0.4) is 0 Å². The predicted octanol–water partition coefficient (Wildman–Crippen LogP) is 5.41. The molecule has 0 radical (unpaired) electrons. The van der Waals surface area contributed by atoms with Gasteiger partial charge in [0.05, 0.1) is 11.0 Å². The lowest BCUT2D eigenvalue weighted by molar-refractivity contribution is -0.156. The highest BCUT2D eigenvalue weighted by Crippen LogP contribution is 2.25. The van der Waals surface area contributed by atoms with Gasteiger partial charge in [-0.05, 0) is 50.2 Å². The molecule has 194 valence electrons. The average Bonchev–Trinajstić information content (AvgIpc) is 3.44. The van der Waals surface area contributed by atoms with Crippen molar-refractivity contribution in [3.05, 3.63) is 60.6 Å². The molecule has 0 atom stereocenters. The zero-order valence-corrected chi connectivity index (χ0v) is 21.9. The normalized spacial score (nSPS) is 11.8. The van der Waals surface area contributed by atoms with Gasteiger partial charge in [0.1, 0.15) is 24.3 Å². The Hall–Kier alpha value is -4.34. The number of urea groups is 1. The molecule has 3 N–H and O–H groups in total.